The molecule has 0 atom stereocenters. The van der Waals surface area contributed by atoms with Crippen molar-refractivity contribution in [1.82, 2.24) is 0 Å². The van der Waals surface area contributed by atoms with Gasteiger partial charge in [0.15, 0.2) is 6.61 Å². The van der Waals surface area contributed by atoms with Crippen LogP contribution < -0.4 is 20.2 Å². The Morgan fingerprint density at radius 3 is 2.44 bits per heavy atom. The first kappa shape index (κ1) is 26.1. The normalized spacial score (nSPS) is 11.5. The number of alkyl halides is 3. The van der Waals surface area contributed by atoms with Crippen LogP contribution >= 0.6 is 11.6 Å². The number of carbonyl (C=O) groups is 1. The molecule has 0 aliphatic rings. The first-order valence-electron chi connectivity index (χ1n) is 11.6. The number of rotatable bonds is 6. The molecule has 10 heteroatoms. The lowest BCUT2D eigenvalue weighted by molar-refractivity contribution is -0.154. The van der Waals surface area contributed by atoms with Gasteiger partial charge in [0.2, 0.25) is 11.2 Å². The van der Waals surface area contributed by atoms with Crippen LogP contribution in [0.1, 0.15) is 11.3 Å². The number of fused-ring (bicyclic) bond motifs is 2. The molecular formula is C29H19ClF3NO5. The van der Waals surface area contributed by atoms with Crippen molar-refractivity contribution in [2.24, 2.45) is 0 Å². The molecule has 1 aromatic heterocycles. The summed E-state index contributed by atoms with van der Waals surface area (Å²) >= 11 is 6.06. The summed E-state index contributed by atoms with van der Waals surface area (Å²) < 4.78 is 57.7. The highest BCUT2D eigenvalue weighted by molar-refractivity contribution is 6.31. The average molecular weight is 554 g/mol. The minimum atomic E-state index is -5.02. The Morgan fingerprint density at radius 1 is 0.949 bits per heavy atom. The second-order valence-electron chi connectivity index (χ2n) is 8.66. The Balaban J connectivity index is 1.41. The van der Waals surface area contributed by atoms with Crippen LogP contribution in [0.2, 0.25) is 5.02 Å². The molecule has 0 spiro atoms. The fourth-order valence-corrected chi connectivity index (χ4v) is 4.07. The molecule has 6 nitrogen and oxygen atoms in total. The predicted molar refractivity (Wildman–Crippen MR) is 142 cm³/mol. The fourth-order valence-electron chi connectivity index (χ4n) is 3.89. The predicted octanol–water partition coefficient (Wildman–Crippen LogP) is 7.74. The molecular weight excluding hydrogens is 535 g/mol. The van der Waals surface area contributed by atoms with Gasteiger partial charge in [0.05, 0.1) is 5.39 Å². The number of benzene rings is 4. The number of ether oxygens (including phenoxy) is 2. The van der Waals surface area contributed by atoms with Gasteiger partial charge >= 0.3 is 6.18 Å². The van der Waals surface area contributed by atoms with Crippen molar-refractivity contribution < 1.29 is 31.9 Å². The maximum atomic E-state index is 13.9. The third-order valence-electron chi connectivity index (χ3n) is 5.85. The summed E-state index contributed by atoms with van der Waals surface area (Å²) in [5, 5.41) is 4.52. The highest BCUT2D eigenvalue weighted by atomic mass is 35.5. The van der Waals surface area contributed by atoms with Crippen molar-refractivity contribution in [2.75, 3.05) is 11.9 Å². The van der Waals surface area contributed by atoms with Gasteiger partial charge in [-0.15, -0.1) is 0 Å². The molecule has 0 fully saturated rings. The highest BCUT2D eigenvalue weighted by Crippen LogP contribution is 2.39. The van der Waals surface area contributed by atoms with E-state index in [-0.39, 0.29) is 22.5 Å². The fraction of sp³-hybridized carbons (Fsp3) is 0.103. The van der Waals surface area contributed by atoms with Crippen molar-refractivity contribution in [3.05, 3.63) is 105 Å². The number of hydrogen-bond acceptors (Lipinski definition) is 5. The molecule has 0 aliphatic carbocycles. The molecule has 198 valence electrons. The number of amides is 1. The lowest BCUT2D eigenvalue weighted by atomic mass is 10.1. The van der Waals surface area contributed by atoms with Gasteiger partial charge in [0.1, 0.15) is 17.1 Å². The third kappa shape index (κ3) is 5.68. The van der Waals surface area contributed by atoms with Crippen molar-refractivity contribution in [1.29, 1.82) is 0 Å². The second-order valence-corrected chi connectivity index (χ2v) is 9.06. The zero-order valence-electron chi connectivity index (χ0n) is 20.3. The summed E-state index contributed by atoms with van der Waals surface area (Å²) in [5.41, 5.74) is -0.0798. The van der Waals surface area contributed by atoms with E-state index in [2.05, 4.69) is 5.32 Å². The van der Waals surface area contributed by atoms with E-state index < -0.39 is 35.6 Å². The summed E-state index contributed by atoms with van der Waals surface area (Å²) in [6.45, 7) is 1.37. The first-order valence-corrected chi connectivity index (χ1v) is 12.0. The molecule has 1 heterocycles. The number of anilines is 1. The number of hydrogen-bond donors (Lipinski definition) is 1. The summed E-state index contributed by atoms with van der Waals surface area (Å²) in [7, 11) is 0. The number of aryl methyl sites for hydroxylation is 1. The molecule has 1 N–H and O–H groups in total. The van der Waals surface area contributed by atoms with E-state index in [9.17, 15) is 22.8 Å². The molecule has 4 aromatic carbocycles. The Labute approximate surface area is 224 Å². The van der Waals surface area contributed by atoms with Gasteiger partial charge in [0.25, 0.3) is 11.7 Å². The van der Waals surface area contributed by atoms with E-state index in [0.717, 1.165) is 22.4 Å². The number of halogens is 4. The highest BCUT2D eigenvalue weighted by Gasteiger charge is 2.40. The topological polar surface area (TPSA) is 77.8 Å². The summed E-state index contributed by atoms with van der Waals surface area (Å²) in [6, 6.07) is 20.6. The maximum absolute atomic E-state index is 13.9. The van der Waals surface area contributed by atoms with Crippen LogP contribution in [0.4, 0.5) is 18.9 Å². The van der Waals surface area contributed by atoms with Crippen molar-refractivity contribution >= 4 is 44.9 Å². The van der Waals surface area contributed by atoms with Crippen molar-refractivity contribution in [3.63, 3.8) is 0 Å². The molecule has 0 aliphatic heterocycles. The Morgan fingerprint density at radius 2 is 1.69 bits per heavy atom. The molecule has 0 bridgehead atoms. The van der Waals surface area contributed by atoms with Gasteiger partial charge in [-0.05, 0) is 59.7 Å². The van der Waals surface area contributed by atoms with E-state index in [1.54, 1.807) is 36.4 Å². The maximum Gasteiger partial charge on any atom is 0.453 e. The zero-order chi connectivity index (χ0) is 27.7. The summed E-state index contributed by atoms with van der Waals surface area (Å²) in [5.74, 6) is -3.01. The lowest BCUT2D eigenvalue weighted by Crippen LogP contribution is -2.20. The Bertz CT molecular complexity index is 1780. The van der Waals surface area contributed by atoms with Gasteiger partial charge in [-0.2, -0.15) is 13.2 Å². The summed E-state index contributed by atoms with van der Waals surface area (Å²) in [4.78, 5) is 25.4. The zero-order valence-corrected chi connectivity index (χ0v) is 21.0. The van der Waals surface area contributed by atoms with Gasteiger partial charge in [-0.25, -0.2) is 0 Å². The van der Waals surface area contributed by atoms with Crippen molar-refractivity contribution in [3.8, 4) is 17.2 Å². The van der Waals surface area contributed by atoms with Crippen LogP contribution in [0.25, 0.3) is 21.7 Å². The molecule has 5 rings (SSSR count). The van der Waals surface area contributed by atoms with Gasteiger partial charge in [0, 0.05) is 16.8 Å². The molecule has 39 heavy (non-hydrogen) atoms. The van der Waals surface area contributed by atoms with Gasteiger partial charge < -0.3 is 19.2 Å². The quantitative estimate of drug-likeness (QED) is 0.233. The largest absolute Gasteiger partial charge is 0.484 e. The van der Waals surface area contributed by atoms with E-state index in [1.807, 2.05) is 19.1 Å². The van der Waals surface area contributed by atoms with E-state index in [4.69, 9.17) is 25.5 Å². The van der Waals surface area contributed by atoms with Crippen LogP contribution in [0.5, 0.6) is 17.2 Å². The third-order valence-corrected chi connectivity index (χ3v) is 6.25. The van der Waals surface area contributed by atoms with Crippen LogP contribution in [0, 0.1) is 6.92 Å². The molecule has 1 amide bonds. The molecule has 0 radical (unpaired) electrons. The van der Waals surface area contributed by atoms with Crippen LogP contribution in [-0.2, 0) is 11.0 Å². The van der Waals surface area contributed by atoms with Crippen LogP contribution in [0.3, 0.4) is 0 Å². The van der Waals surface area contributed by atoms with E-state index in [1.165, 1.54) is 24.3 Å². The van der Waals surface area contributed by atoms with E-state index in [0.29, 0.717) is 10.7 Å². The minimum Gasteiger partial charge on any atom is -0.484 e. The first-order chi connectivity index (χ1) is 18.6. The molecule has 5 aromatic rings. The van der Waals surface area contributed by atoms with Crippen LogP contribution in [0.15, 0.2) is 88.1 Å². The molecule has 0 saturated heterocycles. The summed E-state index contributed by atoms with van der Waals surface area (Å²) in [6.07, 6.45) is -5.02. The second kappa shape index (κ2) is 10.3. The lowest BCUT2D eigenvalue weighted by Gasteiger charge is -2.14. The molecule has 0 saturated carbocycles. The minimum absolute atomic E-state index is 0.0269. The van der Waals surface area contributed by atoms with E-state index >= 15 is 0 Å². The monoisotopic (exact) mass is 553 g/mol. The molecule has 0 unspecified atom stereocenters. The smallest absolute Gasteiger partial charge is 0.453 e. The Hall–Kier alpha value is -4.50. The Kier molecular flexibility index (Phi) is 6.93. The average Bonchev–Trinajstić information content (AvgIpc) is 2.90. The van der Waals surface area contributed by atoms with Gasteiger partial charge in [-0.1, -0.05) is 48.0 Å². The van der Waals surface area contributed by atoms with Gasteiger partial charge in [-0.3, -0.25) is 9.59 Å². The SMILES string of the molecule is Cc1ccc(NC(=O)COc2ccc3c(=O)c(Oc4ccc5ccccc5c4)c(C(F)(F)F)oc3c2)cc1Cl. The number of nitrogens with one attached hydrogen (secondary N) is 1. The standard InChI is InChI=1S/C29H19ClF3NO5/c1-16-6-8-19(13-23(16)30)34-25(35)15-37-20-10-11-22-24(14-20)39-28(29(31,32)33)27(26(22)36)38-21-9-7-17-4-2-3-5-18(17)12-21/h2-14H,15H2,1H3,(H,34,35). The number of carbonyl (C=O) groups excluding carboxylic acids is 1. The van der Waals surface area contributed by atoms with Crippen molar-refractivity contribution in [2.45, 2.75) is 13.1 Å². The van der Waals surface area contributed by atoms with Crippen LogP contribution in [-0.4, -0.2) is 12.5 Å².